The molecule has 2 aliphatic heterocycles. The zero-order chi connectivity index (χ0) is 22.4. The van der Waals surface area contributed by atoms with Crippen molar-refractivity contribution >= 4 is 17.8 Å². The van der Waals surface area contributed by atoms with Crippen molar-refractivity contribution in [2.75, 3.05) is 45.9 Å². The molecule has 170 valence electrons. The summed E-state index contributed by atoms with van der Waals surface area (Å²) >= 11 is 0. The Bertz CT molecular complexity index is 789. The molecule has 2 saturated heterocycles. The number of carbonyl (C=O) groups excluding carboxylic acids is 3. The van der Waals surface area contributed by atoms with Gasteiger partial charge in [0, 0.05) is 39.3 Å². The number of likely N-dealkylation sites (tertiary alicyclic amines) is 1. The molecule has 2 unspecified atom stereocenters. The molecule has 0 spiro atoms. The van der Waals surface area contributed by atoms with E-state index in [1.54, 1.807) is 6.92 Å². The van der Waals surface area contributed by atoms with E-state index in [9.17, 15) is 14.4 Å². The minimum Gasteiger partial charge on any atom is -0.466 e. The predicted molar refractivity (Wildman–Crippen MR) is 118 cm³/mol. The van der Waals surface area contributed by atoms with E-state index in [1.165, 1.54) is 0 Å². The molecule has 0 bridgehead atoms. The van der Waals surface area contributed by atoms with E-state index in [2.05, 4.69) is 4.90 Å². The number of piperidine rings is 1. The topological polar surface area (TPSA) is 70.2 Å². The number of esters is 1. The summed E-state index contributed by atoms with van der Waals surface area (Å²) in [5.41, 5.74) is 2.20. The Balaban J connectivity index is 1.49. The number of ether oxygens (including phenoxy) is 1. The number of carbonyl (C=O) groups is 3. The predicted octanol–water partition coefficient (Wildman–Crippen LogP) is 1.87. The highest BCUT2D eigenvalue weighted by Gasteiger charge is 2.34. The van der Waals surface area contributed by atoms with Crippen molar-refractivity contribution in [3.63, 3.8) is 0 Å². The Morgan fingerprint density at radius 2 is 1.77 bits per heavy atom. The van der Waals surface area contributed by atoms with Crippen molar-refractivity contribution in [2.45, 2.75) is 46.1 Å². The van der Waals surface area contributed by atoms with Crippen LogP contribution in [0.1, 0.15) is 37.8 Å². The molecular formula is C24H35N3O4. The van der Waals surface area contributed by atoms with Gasteiger partial charge in [0.2, 0.25) is 11.8 Å². The van der Waals surface area contributed by atoms with Gasteiger partial charge in [-0.25, -0.2) is 0 Å². The standard InChI is InChI=1S/C24H35N3O4/c1-4-31-24(30)21-10-7-11-27(17-21)23(29)19(3)25-12-14-26(15-13-25)22(28)16-20-9-6-5-8-18(20)2/h5-6,8-9,19,21H,4,7,10-17H2,1-3H3. The van der Waals surface area contributed by atoms with Crippen LogP contribution in [0.3, 0.4) is 0 Å². The first-order chi connectivity index (χ1) is 14.9. The molecule has 0 saturated carbocycles. The number of benzene rings is 1. The van der Waals surface area contributed by atoms with Crippen LogP contribution < -0.4 is 0 Å². The molecule has 7 nitrogen and oxygen atoms in total. The summed E-state index contributed by atoms with van der Waals surface area (Å²) in [4.78, 5) is 43.7. The van der Waals surface area contributed by atoms with Gasteiger partial charge in [-0.2, -0.15) is 0 Å². The highest BCUT2D eigenvalue weighted by molar-refractivity contribution is 5.83. The Kier molecular flexibility index (Phi) is 8.07. The van der Waals surface area contributed by atoms with Gasteiger partial charge in [0.05, 0.1) is 25.0 Å². The Morgan fingerprint density at radius 1 is 1.06 bits per heavy atom. The monoisotopic (exact) mass is 429 g/mol. The van der Waals surface area contributed by atoms with Gasteiger partial charge in [-0.15, -0.1) is 0 Å². The maximum absolute atomic E-state index is 13.1. The lowest BCUT2D eigenvalue weighted by molar-refractivity contribution is -0.152. The Hall–Kier alpha value is -2.41. The van der Waals surface area contributed by atoms with Gasteiger partial charge in [0.15, 0.2) is 0 Å². The Labute approximate surface area is 185 Å². The summed E-state index contributed by atoms with van der Waals surface area (Å²) in [6.07, 6.45) is 2.02. The van der Waals surface area contributed by atoms with E-state index in [0.717, 1.165) is 24.0 Å². The largest absolute Gasteiger partial charge is 0.466 e. The van der Waals surface area contributed by atoms with Crippen LogP contribution in [-0.2, 0) is 25.5 Å². The van der Waals surface area contributed by atoms with Crippen molar-refractivity contribution < 1.29 is 19.1 Å². The van der Waals surface area contributed by atoms with E-state index in [-0.39, 0.29) is 29.7 Å². The van der Waals surface area contributed by atoms with Crippen molar-refractivity contribution in [3.8, 4) is 0 Å². The molecule has 2 atom stereocenters. The first kappa shape index (κ1) is 23.3. The van der Waals surface area contributed by atoms with Crippen molar-refractivity contribution in [1.82, 2.24) is 14.7 Å². The molecule has 2 fully saturated rings. The van der Waals surface area contributed by atoms with Gasteiger partial charge in [0.1, 0.15) is 0 Å². The second-order valence-electron chi connectivity index (χ2n) is 8.57. The third-order valence-electron chi connectivity index (χ3n) is 6.53. The fraction of sp³-hybridized carbons (Fsp3) is 0.625. The van der Waals surface area contributed by atoms with E-state index in [4.69, 9.17) is 4.74 Å². The van der Waals surface area contributed by atoms with Gasteiger partial charge < -0.3 is 14.5 Å². The second kappa shape index (κ2) is 10.8. The van der Waals surface area contributed by atoms with Crippen molar-refractivity contribution in [1.29, 1.82) is 0 Å². The van der Waals surface area contributed by atoms with E-state index in [0.29, 0.717) is 52.3 Å². The summed E-state index contributed by atoms with van der Waals surface area (Å²) in [5.74, 6) is -0.218. The molecule has 0 aromatic heterocycles. The highest BCUT2D eigenvalue weighted by atomic mass is 16.5. The number of amides is 2. The number of piperazine rings is 1. The molecule has 2 aliphatic rings. The maximum atomic E-state index is 13.1. The lowest BCUT2D eigenvalue weighted by Gasteiger charge is -2.40. The summed E-state index contributed by atoms with van der Waals surface area (Å²) in [6.45, 7) is 9.89. The fourth-order valence-electron chi connectivity index (χ4n) is 4.49. The highest BCUT2D eigenvalue weighted by Crippen LogP contribution is 2.20. The van der Waals surface area contributed by atoms with Crippen LogP contribution in [0, 0.1) is 12.8 Å². The van der Waals surface area contributed by atoms with Crippen LogP contribution in [0.15, 0.2) is 24.3 Å². The van der Waals surface area contributed by atoms with Gasteiger partial charge in [-0.1, -0.05) is 24.3 Å². The molecule has 2 amide bonds. The molecule has 31 heavy (non-hydrogen) atoms. The van der Waals surface area contributed by atoms with Gasteiger partial charge in [-0.3, -0.25) is 19.3 Å². The zero-order valence-corrected chi connectivity index (χ0v) is 19.0. The number of rotatable bonds is 6. The number of hydrogen-bond acceptors (Lipinski definition) is 5. The fourth-order valence-corrected chi connectivity index (χ4v) is 4.49. The minimum absolute atomic E-state index is 0.0636. The first-order valence-corrected chi connectivity index (χ1v) is 11.4. The van der Waals surface area contributed by atoms with Crippen LogP contribution in [-0.4, -0.2) is 84.4 Å². The van der Waals surface area contributed by atoms with Gasteiger partial charge >= 0.3 is 5.97 Å². The van der Waals surface area contributed by atoms with Crippen LogP contribution >= 0.6 is 0 Å². The van der Waals surface area contributed by atoms with Crippen LogP contribution in [0.2, 0.25) is 0 Å². The lowest BCUT2D eigenvalue weighted by atomic mass is 9.97. The molecule has 0 N–H and O–H groups in total. The van der Waals surface area contributed by atoms with E-state index in [1.807, 2.05) is 47.9 Å². The summed E-state index contributed by atoms with van der Waals surface area (Å²) in [7, 11) is 0. The van der Waals surface area contributed by atoms with Crippen LogP contribution in [0.5, 0.6) is 0 Å². The Morgan fingerprint density at radius 3 is 2.45 bits per heavy atom. The number of aryl methyl sites for hydroxylation is 1. The van der Waals surface area contributed by atoms with Crippen molar-refractivity contribution in [2.24, 2.45) is 5.92 Å². The zero-order valence-electron chi connectivity index (χ0n) is 19.0. The minimum atomic E-state index is -0.255. The van der Waals surface area contributed by atoms with Gasteiger partial charge in [-0.05, 0) is 44.7 Å². The second-order valence-corrected chi connectivity index (χ2v) is 8.57. The van der Waals surface area contributed by atoms with Gasteiger partial charge in [0.25, 0.3) is 0 Å². The van der Waals surface area contributed by atoms with Crippen LogP contribution in [0.25, 0.3) is 0 Å². The molecule has 1 aromatic carbocycles. The maximum Gasteiger partial charge on any atom is 0.310 e. The lowest BCUT2D eigenvalue weighted by Crippen LogP contribution is -2.57. The number of hydrogen-bond donors (Lipinski definition) is 0. The molecule has 7 heteroatoms. The molecule has 0 aliphatic carbocycles. The molecule has 2 heterocycles. The summed E-state index contributed by atoms with van der Waals surface area (Å²) in [5, 5.41) is 0. The average molecular weight is 430 g/mol. The average Bonchev–Trinajstić information content (AvgIpc) is 2.80. The quantitative estimate of drug-likeness (QED) is 0.646. The van der Waals surface area contributed by atoms with E-state index < -0.39 is 0 Å². The van der Waals surface area contributed by atoms with Crippen molar-refractivity contribution in [3.05, 3.63) is 35.4 Å². The molecular weight excluding hydrogens is 394 g/mol. The molecule has 3 rings (SSSR count). The smallest absolute Gasteiger partial charge is 0.310 e. The molecule has 0 radical (unpaired) electrons. The normalized spacial score (nSPS) is 20.9. The first-order valence-electron chi connectivity index (χ1n) is 11.4. The van der Waals surface area contributed by atoms with E-state index >= 15 is 0 Å². The summed E-state index contributed by atoms with van der Waals surface area (Å²) in [6, 6.07) is 7.73. The summed E-state index contributed by atoms with van der Waals surface area (Å²) < 4.78 is 5.15. The van der Waals surface area contributed by atoms with Crippen LogP contribution in [0.4, 0.5) is 0 Å². The molecule has 1 aromatic rings. The third kappa shape index (κ3) is 5.85. The SMILES string of the molecule is CCOC(=O)C1CCCN(C(=O)C(C)N2CCN(C(=O)Cc3ccccc3C)CC2)C1. The number of nitrogens with zero attached hydrogens (tertiary/aromatic N) is 3. The third-order valence-corrected chi connectivity index (χ3v) is 6.53.